The first kappa shape index (κ1) is 17.4. The first-order valence-corrected chi connectivity index (χ1v) is 7.60. The molecule has 0 aliphatic heterocycles. The summed E-state index contributed by atoms with van der Waals surface area (Å²) >= 11 is 0. The third-order valence-corrected chi connectivity index (χ3v) is 3.50. The second kappa shape index (κ2) is 8.06. The molecule has 0 unspecified atom stereocenters. The van der Waals surface area contributed by atoms with Gasteiger partial charge in [0.05, 0.1) is 14.2 Å². The van der Waals surface area contributed by atoms with E-state index >= 15 is 0 Å². The lowest BCUT2D eigenvalue weighted by Crippen LogP contribution is -1.89. The normalized spacial score (nSPS) is 12.0. The second-order valence-corrected chi connectivity index (χ2v) is 5.43. The third kappa shape index (κ3) is 4.53. The van der Waals surface area contributed by atoms with Gasteiger partial charge in [0.1, 0.15) is 17.3 Å². The van der Waals surface area contributed by atoms with E-state index < -0.39 is 0 Å². The predicted octanol–water partition coefficient (Wildman–Crippen LogP) is 5.26. The van der Waals surface area contributed by atoms with Crippen molar-refractivity contribution in [3.8, 4) is 11.5 Å². The number of rotatable bonds is 6. The molecule has 0 fully saturated rings. The fourth-order valence-corrected chi connectivity index (χ4v) is 2.25. The van der Waals surface area contributed by atoms with E-state index in [4.69, 9.17) is 9.47 Å². The van der Waals surface area contributed by atoms with E-state index in [1.54, 1.807) is 20.3 Å². The Morgan fingerprint density at radius 3 is 1.71 bits per heavy atom. The van der Waals surface area contributed by atoms with Crippen LogP contribution in [-0.4, -0.2) is 19.3 Å². The Hall–Kier alpha value is -2.94. The van der Waals surface area contributed by atoms with Crippen LogP contribution in [0, 0.1) is 0 Å². The van der Waals surface area contributed by atoms with Crippen LogP contribution in [0.3, 0.4) is 0 Å². The molecule has 2 aromatic carbocycles. The van der Waals surface area contributed by atoms with Crippen molar-refractivity contribution in [1.82, 2.24) is 0 Å². The third-order valence-electron chi connectivity index (χ3n) is 3.50. The fraction of sp³-hybridized carbons (Fsp3) is 0.143. The number of aliphatic hydroxyl groups excluding tert-OH is 1. The number of allylic oxidation sites excluding steroid dienone is 4. The second-order valence-electron chi connectivity index (χ2n) is 5.43. The summed E-state index contributed by atoms with van der Waals surface area (Å²) in [5.74, 6) is 1.72. The van der Waals surface area contributed by atoms with Gasteiger partial charge in [0, 0.05) is 5.56 Å². The molecule has 0 spiro atoms. The highest BCUT2D eigenvalue weighted by Gasteiger charge is 2.05. The van der Waals surface area contributed by atoms with Crippen LogP contribution >= 0.6 is 0 Å². The van der Waals surface area contributed by atoms with Crippen molar-refractivity contribution in [2.45, 2.75) is 6.92 Å². The Balaban J connectivity index is 2.37. The van der Waals surface area contributed by atoms with Crippen molar-refractivity contribution in [2.24, 2.45) is 0 Å². The monoisotopic (exact) mass is 322 g/mol. The molecular formula is C21H22O3. The molecule has 0 saturated carbocycles. The van der Waals surface area contributed by atoms with Gasteiger partial charge in [-0.1, -0.05) is 30.4 Å². The molecule has 0 aromatic heterocycles. The SMILES string of the molecule is C=C(C)/C=C(\C=C(/O)c1ccc(OC)cc1)c1ccc(OC)cc1. The van der Waals surface area contributed by atoms with Gasteiger partial charge in [0.15, 0.2) is 0 Å². The van der Waals surface area contributed by atoms with Gasteiger partial charge < -0.3 is 14.6 Å². The minimum Gasteiger partial charge on any atom is -0.507 e. The molecule has 0 radical (unpaired) electrons. The zero-order valence-corrected chi connectivity index (χ0v) is 14.2. The molecule has 3 heteroatoms. The standard InChI is InChI=1S/C21H22O3/c1-15(2)13-18(16-5-9-19(23-3)10-6-16)14-21(22)17-7-11-20(24-4)12-8-17/h5-14,22H,1H2,2-4H3/b18-13+,21-14-. The quantitative estimate of drug-likeness (QED) is 0.582. The molecule has 0 bridgehead atoms. The number of benzene rings is 2. The van der Waals surface area contributed by atoms with Crippen LogP contribution in [-0.2, 0) is 0 Å². The van der Waals surface area contributed by atoms with E-state index in [0.717, 1.165) is 33.8 Å². The fourth-order valence-electron chi connectivity index (χ4n) is 2.25. The first-order valence-electron chi connectivity index (χ1n) is 7.60. The maximum Gasteiger partial charge on any atom is 0.123 e. The Bertz CT molecular complexity index is 751. The van der Waals surface area contributed by atoms with Crippen LogP contribution < -0.4 is 9.47 Å². The summed E-state index contributed by atoms with van der Waals surface area (Å²) in [6.45, 7) is 5.85. The van der Waals surface area contributed by atoms with Crippen LogP contribution in [0.25, 0.3) is 11.3 Å². The van der Waals surface area contributed by atoms with Crippen molar-refractivity contribution >= 4 is 11.3 Å². The molecule has 0 aliphatic rings. The summed E-state index contributed by atoms with van der Waals surface area (Å²) in [5, 5.41) is 10.5. The van der Waals surface area contributed by atoms with Crippen molar-refractivity contribution in [2.75, 3.05) is 14.2 Å². The van der Waals surface area contributed by atoms with E-state index in [0.29, 0.717) is 0 Å². The zero-order valence-electron chi connectivity index (χ0n) is 14.2. The zero-order chi connectivity index (χ0) is 17.5. The van der Waals surface area contributed by atoms with E-state index in [-0.39, 0.29) is 5.76 Å². The van der Waals surface area contributed by atoms with Crippen molar-refractivity contribution in [3.63, 3.8) is 0 Å². The summed E-state index contributed by atoms with van der Waals surface area (Å²) in [5.41, 5.74) is 3.47. The summed E-state index contributed by atoms with van der Waals surface area (Å²) < 4.78 is 10.3. The summed E-state index contributed by atoms with van der Waals surface area (Å²) in [4.78, 5) is 0. The molecule has 3 nitrogen and oxygen atoms in total. The predicted molar refractivity (Wildman–Crippen MR) is 99.4 cm³/mol. The highest BCUT2D eigenvalue weighted by atomic mass is 16.5. The molecule has 2 rings (SSSR count). The van der Waals surface area contributed by atoms with Gasteiger partial charge in [-0.3, -0.25) is 0 Å². The lowest BCUT2D eigenvalue weighted by atomic mass is 10.0. The maximum atomic E-state index is 10.5. The summed E-state index contributed by atoms with van der Waals surface area (Å²) in [6, 6.07) is 14.9. The maximum absolute atomic E-state index is 10.5. The minimum absolute atomic E-state index is 0.181. The van der Waals surface area contributed by atoms with Gasteiger partial charge in [-0.25, -0.2) is 0 Å². The number of hydrogen-bond donors (Lipinski definition) is 1. The molecule has 24 heavy (non-hydrogen) atoms. The van der Waals surface area contributed by atoms with Gasteiger partial charge >= 0.3 is 0 Å². The van der Waals surface area contributed by atoms with Crippen LogP contribution in [0.2, 0.25) is 0 Å². The Morgan fingerprint density at radius 2 is 1.29 bits per heavy atom. The van der Waals surface area contributed by atoms with Gasteiger partial charge in [0.25, 0.3) is 0 Å². The summed E-state index contributed by atoms with van der Waals surface area (Å²) in [7, 11) is 3.25. The average molecular weight is 322 g/mol. The van der Waals surface area contributed by atoms with E-state index in [1.165, 1.54) is 0 Å². The van der Waals surface area contributed by atoms with Crippen molar-refractivity contribution < 1.29 is 14.6 Å². The van der Waals surface area contributed by atoms with Gasteiger partial charge in [0.2, 0.25) is 0 Å². The molecule has 0 atom stereocenters. The Kier molecular flexibility index (Phi) is 5.85. The van der Waals surface area contributed by atoms with Crippen molar-refractivity contribution in [3.05, 3.63) is 84.0 Å². The van der Waals surface area contributed by atoms with Crippen LogP contribution in [0.5, 0.6) is 11.5 Å². The molecule has 2 aromatic rings. The van der Waals surface area contributed by atoms with E-state index in [1.807, 2.05) is 61.5 Å². The van der Waals surface area contributed by atoms with E-state index in [9.17, 15) is 5.11 Å². The highest BCUT2D eigenvalue weighted by Crippen LogP contribution is 2.25. The molecular weight excluding hydrogens is 300 g/mol. The van der Waals surface area contributed by atoms with E-state index in [2.05, 4.69) is 6.58 Å². The molecule has 124 valence electrons. The lowest BCUT2D eigenvalue weighted by Gasteiger charge is -2.08. The molecule has 0 aliphatic carbocycles. The molecule has 1 N–H and O–H groups in total. The summed E-state index contributed by atoms with van der Waals surface area (Å²) in [6.07, 6.45) is 3.67. The van der Waals surface area contributed by atoms with Crippen LogP contribution in [0.4, 0.5) is 0 Å². The lowest BCUT2D eigenvalue weighted by molar-refractivity contribution is 0.414. The first-order chi connectivity index (χ1) is 11.5. The Morgan fingerprint density at radius 1 is 0.833 bits per heavy atom. The van der Waals surface area contributed by atoms with Gasteiger partial charge in [-0.15, -0.1) is 0 Å². The molecule has 0 saturated heterocycles. The van der Waals surface area contributed by atoms with Crippen LogP contribution in [0.15, 0.2) is 72.8 Å². The van der Waals surface area contributed by atoms with Gasteiger partial charge in [-0.2, -0.15) is 0 Å². The number of aliphatic hydroxyl groups is 1. The smallest absolute Gasteiger partial charge is 0.123 e. The average Bonchev–Trinajstić information content (AvgIpc) is 2.61. The number of hydrogen-bond acceptors (Lipinski definition) is 3. The van der Waals surface area contributed by atoms with Crippen molar-refractivity contribution in [1.29, 1.82) is 0 Å². The number of methoxy groups -OCH3 is 2. The topological polar surface area (TPSA) is 38.7 Å². The Labute approximate surface area is 143 Å². The number of ether oxygens (including phenoxy) is 2. The minimum atomic E-state index is 0.181. The largest absolute Gasteiger partial charge is 0.507 e. The highest BCUT2D eigenvalue weighted by molar-refractivity contribution is 5.82. The van der Waals surface area contributed by atoms with Crippen LogP contribution in [0.1, 0.15) is 18.1 Å². The van der Waals surface area contributed by atoms with Gasteiger partial charge in [-0.05, 0) is 60.5 Å². The molecule has 0 amide bonds. The molecule has 0 heterocycles.